The van der Waals surface area contributed by atoms with Gasteiger partial charge in [-0.2, -0.15) is 0 Å². The van der Waals surface area contributed by atoms with Crippen LogP contribution in [0.5, 0.6) is 5.75 Å². The van der Waals surface area contributed by atoms with Crippen LogP contribution in [-0.2, 0) is 12.0 Å². The molecule has 0 saturated carbocycles. The summed E-state index contributed by atoms with van der Waals surface area (Å²) in [5, 5.41) is 10.3. The highest BCUT2D eigenvalue weighted by Crippen LogP contribution is 2.34. The van der Waals surface area contributed by atoms with Gasteiger partial charge in [0, 0.05) is 17.5 Å². The van der Waals surface area contributed by atoms with Crippen LogP contribution in [0.3, 0.4) is 0 Å². The van der Waals surface area contributed by atoms with Gasteiger partial charge >= 0.3 is 0 Å². The van der Waals surface area contributed by atoms with Crippen molar-refractivity contribution in [3.63, 3.8) is 0 Å². The van der Waals surface area contributed by atoms with E-state index < -0.39 is 0 Å². The van der Waals surface area contributed by atoms with Gasteiger partial charge < -0.3 is 5.11 Å². The molecule has 0 unspecified atom stereocenters. The summed E-state index contributed by atoms with van der Waals surface area (Å²) in [5.74, 6) is 0.420. The van der Waals surface area contributed by atoms with Crippen LogP contribution in [0.1, 0.15) is 49.8 Å². The Morgan fingerprint density at radius 1 is 0.913 bits per heavy atom. The second-order valence-electron chi connectivity index (χ2n) is 7.17. The van der Waals surface area contributed by atoms with E-state index in [2.05, 4.69) is 61.2 Å². The summed E-state index contributed by atoms with van der Waals surface area (Å²) in [4.78, 5) is 2.46. The van der Waals surface area contributed by atoms with Gasteiger partial charge in [0.25, 0.3) is 0 Å². The molecule has 0 amide bonds. The maximum absolute atomic E-state index is 10.3. The minimum atomic E-state index is -0.0639. The molecule has 0 aliphatic carbocycles. The van der Waals surface area contributed by atoms with E-state index in [9.17, 15) is 5.11 Å². The summed E-state index contributed by atoms with van der Waals surface area (Å²) < 4.78 is 0. The Labute approximate surface area is 139 Å². The minimum Gasteiger partial charge on any atom is -0.508 e. The lowest BCUT2D eigenvalue weighted by Crippen LogP contribution is -2.29. The van der Waals surface area contributed by atoms with Crippen LogP contribution in [0.15, 0.2) is 48.5 Å². The van der Waals surface area contributed by atoms with Gasteiger partial charge in [-0.25, -0.2) is 0 Å². The second kappa shape index (κ2) is 6.76. The zero-order valence-corrected chi connectivity index (χ0v) is 14.3. The van der Waals surface area contributed by atoms with Crippen LogP contribution in [0.2, 0.25) is 0 Å². The first-order valence-corrected chi connectivity index (χ1v) is 8.67. The SMILES string of the molecule is CC(C)(c1ccccc1)c1ccc(O)c(CN2CCCCC2)c1. The van der Waals surface area contributed by atoms with Crippen molar-refractivity contribution in [3.8, 4) is 5.75 Å². The van der Waals surface area contributed by atoms with E-state index in [1.807, 2.05) is 6.07 Å². The number of hydrogen-bond acceptors (Lipinski definition) is 2. The smallest absolute Gasteiger partial charge is 0.120 e. The number of benzene rings is 2. The predicted octanol–water partition coefficient (Wildman–Crippen LogP) is 4.70. The molecule has 122 valence electrons. The normalized spacial score (nSPS) is 16.4. The van der Waals surface area contributed by atoms with Crippen LogP contribution in [-0.4, -0.2) is 23.1 Å². The van der Waals surface area contributed by atoms with Crippen molar-refractivity contribution in [1.29, 1.82) is 0 Å². The molecule has 2 nitrogen and oxygen atoms in total. The van der Waals surface area contributed by atoms with E-state index in [0.717, 1.165) is 25.2 Å². The monoisotopic (exact) mass is 309 g/mol. The quantitative estimate of drug-likeness (QED) is 0.884. The molecule has 1 N–H and O–H groups in total. The van der Waals surface area contributed by atoms with E-state index in [1.54, 1.807) is 0 Å². The largest absolute Gasteiger partial charge is 0.508 e. The van der Waals surface area contributed by atoms with E-state index in [4.69, 9.17) is 0 Å². The van der Waals surface area contributed by atoms with E-state index in [-0.39, 0.29) is 5.41 Å². The lowest BCUT2D eigenvalue weighted by Gasteiger charge is -2.29. The van der Waals surface area contributed by atoms with Gasteiger partial charge in [-0.15, -0.1) is 0 Å². The maximum atomic E-state index is 10.3. The summed E-state index contributed by atoms with van der Waals surface area (Å²) >= 11 is 0. The molecule has 0 bridgehead atoms. The third-order valence-corrected chi connectivity index (χ3v) is 5.14. The average molecular weight is 309 g/mol. The summed E-state index contributed by atoms with van der Waals surface area (Å²) in [6.07, 6.45) is 3.88. The molecule has 23 heavy (non-hydrogen) atoms. The Balaban J connectivity index is 1.87. The van der Waals surface area contributed by atoms with Crippen molar-refractivity contribution < 1.29 is 5.11 Å². The molecule has 1 saturated heterocycles. The van der Waals surface area contributed by atoms with Gasteiger partial charge in [0.1, 0.15) is 5.75 Å². The number of phenolic OH excluding ortho intramolecular Hbond substituents is 1. The number of nitrogens with zero attached hydrogens (tertiary/aromatic N) is 1. The van der Waals surface area contributed by atoms with Crippen molar-refractivity contribution >= 4 is 0 Å². The van der Waals surface area contributed by atoms with Crippen molar-refractivity contribution in [2.24, 2.45) is 0 Å². The first-order valence-electron chi connectivity index (χ1n) is 8.67. The van der Waals surface area contributed by atoms with Crippen LogP contribution in [0.25, 0.3) is 0 Å². The molecule has 1 aliphatic heterocycles. The minimum absolute atomic E-state index is 0.0639. The topological polar surface area (TPSA) is 23.5 Å². The molecule has 3 rings (SSSR count). The summed E-state index contributed by atoms with van der Waals surface area (Å²) in [5.41, 5.74) is 3.54. The third kappa shape index (κ3) is 3.59. The molecule has 1 heterocycles. The van der Waals surface area contributed by atoms with Crippen LogP contribution < -0.4 is 0 Å². The summed E-state index contributed by atoms with van der Waals surface area (Å²) in [6, 6.07) is 16.7. The van der Waals surface area contributed by atoms with Gasteiger partial charge in [0.05, 0.1) is 0 Å². The molecule has 0 atom stereocenters. The highest BCUT2D eigenvalue weighted by molar-refractivity contribution is 5.43. The van der Waals surface area contributed by atoms with Gasteiger partial charge in [0.2, 0.25) is 0 Å². The molecule has 0 radical (unpaired) electrons. The molecule has 2 aromatic carbocycles. The van der Waals surface area contributed by atoms with Crippen molar-refractivity contribution in [2.75, 3.05) is 13.1 Å². The van der Waals surface area contributed by atoms with E-state index in [1.165, 1.54) is 30.4 Å². The summed E-state index contributed by atoms with van der Waals surface area (Å²) in [7, 11) is 0. The number of piperidine rings is 1. The number of phenols is 1. The number of hydrogen-bond donors (Lipinski definition) is 1. The van der Waals surface area contributed by atoms with Crippen LogP contribution in [0.4, 0.5) is 0 Å². The van der Waals surface area contributed by atoms with Crippen molar-refractivity contribution in [2.45, 2.75) is 45.1 Å². The predicted molar refractivity (Wildman–Crippen MR) is 95.8 cm³/mol. The molecular formula is C21H27NO. The lowest BCUT2D eigenvalue weighted by molar-refractivity contribution is 0.218. The van der Waals surface area contributed by atoms with Gasteiger partial charge in [-0.05, 0) is 49.2 Å². The molecule has 2 aromatic rings. The van der Waals surface area contributed by atoms with Crippen molar-refractivity contribution in [3.05, 3.63) is 65.2 Å². The molecule has 0 spiro atoms. The standard InChI is InChI=1S/C21H27NO/c1-21(2,18-9-5-3-6-10-18)19-11-12-20(23)17(15-19)16-22-13-7-4-8-14-22/h3,5-6,9-12,15,23H,4,7-8,13-14,16H2,1-2H3. The van der Waals surface area contributed by atoms with Gasteiger partial charge in [-0.3, -0.25) is 4.90 Å². The fourth-order valence-corrected chi connectivity index (χ4v) is 3.48. The fraction of sp³-hybridized carbons (Fsp3) is 0.429. The Bertz CT molecular complexity index is 642. The molecule has 1 fully saturated rings. The van der Waals surface area contributed by atoms with Gasteiger partial charge in [-0.1, -0.05) is 56.7 Å². The summed E-state index contributed by atoms with van der Waals surface area (Å²) in [6.45, 7) is 7.64. The van der Waals surface area contributed by atoms with Crippen LogP contribution in [0, 0.1) is 0 Å². The first-order chi connectivity index (χ1) is 11.1. The third-order valence-electron chi connectivity index (χ3n) is 5.14. The van der Waals surface area contributed by atoms with E-state index in [0.29, 0.717) is 5.75 Å². The van der Waals surface area contributed by atoms with E-state index >= 15 is 0 Å². The Kier molecular flexibility index (Phi) is 4.72. The highest BCUT2D eigenvalue weighted by atomic mass is 16.3. The number of rotatable bonds is 4. The van der Waals surface area contributed by atoms with Gasteiger partial charge in [0.15, 0.2) is 0 Å². The Morgan fingerprint density at radius 3 is 2.30 bits per heavy atom. The first kappa shape index (κ1) is 16.1. The molecule has 0 aromatic heterocycles. The number of aromatic hydroxyl groups is 1. The second-order valence-corrected chi connectivity index (χ2v) is 7.17. The lowest BCUT2D eigenvalue weighted by atomic mass is 9.77. The molecular weight excluding hydrogens is 282 g/mol. The fourth-order valence-electron chi connectivity index (χ4n) is 3.48. The molecule has 1 aliphatic rings. The van der Waals surface area contributed by atoms with Crippen molar-refractivity contribution in [1.82, 2.24) is 4.90 Å². The Morgan fingerprint density at radius 2 is 1.61 bits per heavy atom. The zero-order valence-electron chi connectivity index (χ0n) is 14.3. The maximum Gasteiger partial charge on any atom is 0.120 e. The Hall–Kier alpha value is -1.80. The zero-order chi connectivity index (χ0) is 16.3. The number of likely N-dealkylation sites (tertiary alicyclic amines) is 1. The van der Waals surface area contributed by atoms with Crippen LogP contribution >= 0.6 is 0 Å². The molecule has 2 heteroatoms. The highest BCUT2D eigenvalue weighted by Gasteiger charge is 2.24. The average Bonchev–Trinajstić information content (AvgIpc) is 2.58.